The van der Waals surface area contributed by atoms with Crippen LogP contribution >= 0.6 is 23.8 Å². The molecule has 5 heteroatoms. The summed E-state index contributed by atoms with van der Waals surface area (Å²) in [5.74, 6) is 0.662. The van der Waals surface area contributed by atoms with Crippen LogP contribution in [-0.2, 0) is 6.42 Å². The highest BCUT2D eigenvalue weighted by Crippen LogP contribution is 2.29. The first-order valence-corrected chi connectivity index (χ1v) is 13.1. The van der Waals surface area contributed by atoms with Gasteiger partial charge in [0.15, 0.2) is 5.78 Å². The molecule has 182 valence electrons. The normalized spacial score (nSPS) is 14.5. The summed E-state index contributed by atoms with van der Waals surface area (Å²) in [5, 5.41) is 4.04. The summed E-state index contributed by atoms with van der Waals surface area (Å²) >= 11 is 12.2. The minimum atomic E-state index is -0.242. The topological polar surface area (TPSA) is 32.3 Å². The molecule has 0 atom stereocenters. The molecule has 1 heterocycles. The first-order chi connectivity index (χ1) is 16.8. The van der Waals surface area contributed by atoms with Crippen LogP contribution in [0.4, 0.5) is 5.69 Å². The van der Waals surface area contributed by atoms with Gasteiger partial charge in [-0.3, -0.25) is 4.79 Å². The second kappa shape index (κ2) is 11.4. The number of halogens is 1. The number of piperidine rings is 1. The molecule has 0 bridgehead atoms. The van der Waals surface area contributed by atoms with Crippen molar-refractivity contribution in [1.29, 1.82) is 0 Å². The van der Waals surface area contributed by atoms with Crippen LogP contribution in [0.1, 0.15) is 48.2 Å². The lowest BCUT2D eigenvalue weighted by atomic mass is 9.87. The molecule has 1 N–H and O–H groups in total. The fraction of sp³-hybridized carbons (Fsp3) is 0.333. The van der Waals surface area contributed by atoms with Gasteiger partial charge in [-0.15, -0.1) is 0 Å². The third-order valence-corrected chi connectivity index (χ3v) is 7.88. The zero-order valence-corrected chi connectivity index (χ0v) is 22.0. The number of nitrogens with one attached hydrogen (secondary N) is 1. The third-order valence-electron chi connectivity index (χ3n) is 6.83. The van der Waals surface area contributed by atoms with Crippen LogP contribution in [0.25, 0.3) is 0 Å². The molecule has 3 aromatic carbocycles. The van der Waals surface area contributed by atoms with E-state index in [9.17, 15) is 4.79 Å². The van der Waals surface area contributed by atoms with Crippen molar-refractivity contribution in [3.05, 3.63) is 101 Å². The number of hydrogen-bond acceptors (Lipinski definition) is 3. The van der Waals surface area contributed by atoms with Gasteiger partial charge in [-0.25, -0.2) is 0 Å². The Balaban J connectivity index is 1.37. The van der Waals surface area contributed by atoms with E-state index in [4.69, 9.17) is 23.8 Å². The Morgan fingerprint density at radius 1 is 1.00 bits per heavy atom. The van der Waals surface area contributed by atoms with Crippen LogP contribution < -0.4 is 5.32 Å². The van der Waals surface area contributed by atoms with E-state index in [1.807, 2.05) is 42.5 Å². The van der Waals surface area contributed by atoms with Gasteiger partial charge in [0.25, 0.3) is 0 Å². The Bertz CT molecular complexity index is 1160. The van der Waals surface area contributed by atoms with Crippen LogP contribution in [0.15, 0.2) is 78.9 Å². The Morgan fingerprint density at radius 3 is 2.29 bits per heavy atom. The molecule has 1 aliphatic rings. The highest BCUT2D eigenvalue weighted by atomic mass is 35.5. The highest BCUT2D eigenvalue weighted by Gasteiger charge is 2.31. The summed E-state index contributed by atoms with van der Waals surface area (Å²) in [6, 6.07) is 25.5. The number of likely N-dealkylation sites (tertiary alicyclic amines) is 1. The lowest BCUT2D eigenvalue weighted by molar-refractivity contribution is 0.103. The first kappa shape index (κ1) is 25.4. The summed E-state index contributed by atoms with van der Waals surface area (Å²) in [4.78, 5) is 16.5. The zero-order chi connectivity index (χ0) is 24.8. The van der Waals surface area contributed by atoms with Gasteiger partial charge in [0.05, 0.1) is 4.99 Å². The number of ketones is 1. The van der Waals surface area contributed by atoms with E-state index in [1.54, 1.807) is 6.07 Å². The molecule has 1 saturated heterocycles. The average Bonchev–Trinajstić information content (AvgIpc) is 2.88. The molecule has 35 heavy (non-hydrogen) atoms. The van der Waals surface area contributed by atoms with Crippen molar-refractivity contribution in [2.24, 2.45) is 11.3 Å². The fourth-order valence-electron chi connectivity index (χ4n) is 4.71. The van der Waals surface area contributed by atoms with Gasteiger partial charge in [-0.05, 0) is 48.9 Å². The SMILES string of the molecule is CC(C)(CNc1ccc(Cl)cc1C(=O)c1ccccc1)C(=S)N1CCC(Cc2ccccc2)CC1. The van der Waals surface area contributed by atoms with Crippen molar-refractivity contribution < 1.29 is 4.79 Å². The average molecular weight is 505 g/mol. The molecule has 4 rings (SSSR count). The van der Waals surface area contributed by atoms with E-state index in [0.717, 1.165) is 43.0 Å². The second-order valence-electron chi connectivity index (χ2n) is 10.0. The number of thiocarbonyl (C=S) groups is 1. The number of anilines is 1. The molecule has 0 spiro atoms. The van der Waals surface area contributed by atoms with Gasteiger partial charge < -0.3 is 10.2 Å². The van der Waals surface area contributed by atoms with Gasteiger partial charge in [-0.2, -0.15) is 0 Å². The molecule has 0 amide bonds. The standard InChI is InChI=1S/C30H33ClN2OS/c1-30(2,29(35)33-17-15-23(16-18-33)19-22-9-5-3-6-10-22)21-32-27-14-13-25(31)20-26(27)28(34)24-11-7-4-8-12-24/h3-14,20,23,32H,15-19,21H2,1-2H3. The lowest BCUT2D eigenvalue weighted by Crippen LogP contribution is -2.46. The van der Waals surface area contributed by atoms with Crippen molar-refractivity contribution in [3.8, 4) is 0 Å². The molecule has 1 aliphatic heterocycles. The molecule has 1 fully saturated rings. The van der Waals surface area contributed by atoms with E-state index in [1.165, 1.54) is 5.56 Å². The number of benzene rings is 3. The second-order valence-corrected chi connectivity index (χ2v) is 10.9. The summed E-state index contributed by atoms with van der Waals surface area (Å²) in [6.07, 6.45) is 3.46. The summed E-state index contributed by atoms with van der Waals surface area (Å²) in [6.45, 7) is 6.98. The fourth-order valence-corrected chi connectivity index (χ4v) is 5.14. The smallest absolute Gasteiger partial charge is 0.195 e. The van der Waals surface area contributed by atoms with Crippen LogP contribution in [0, 0.1) is 11.3 Å². The molecule has 3 aromatic rings. The van der Waals surface area contributed by atoms with Crippen molar-refractivity contribution >= 4 is 40.3 Å². The van der Waals surface area contributed by atoms with E-state index in [-0.39, 0.29) is 11.2 Å². The molecule has 0 aliphatic carbocycles. The van der Waals surface area contributed by atoms with E-state index < -0.39 is 0 Å². The van der Waals surface area contributed by atoms with Gasteiger partial charge in [0, 0.05) is 46.9 Å². The van der Waals surface area contributed by atoms with Crippen molar-refractivity contribution in [3.63, 3.8) is 0 Å². The number of carbonyl (C=O) groups excluding carboxylic acids is 1. The van der Waals surface area contributed by atoms with Gasteiger partial charge >= 0.3 is 0 Å². The van der Waals surface area contributed by atoms with Crippen molar-refractivity contribution in [2.75, 3.05) is 25.0 Å². The predicted molar refractivity (Wildman–Crippen MR) is 151 cm³/mol. The largest absolute Gasteiger partial charge is 0.383 e. The number of nitrogens with zero attached hydrogens (tertiary/aromatic N) is 1. The molecule has 3 nitrogen and oxygen atoms in total. The highest BCUT2D eigenvalue weighted by molar-refractivity contribution is 7.80. The number of hydrogen-bond donors (Lipinski definition) is 1. The minimum absolute atomic E-state index is 0.0449. The van der Waals surface area contributed by atoms with E-state index >= 15 is 0 Å². The maximum atomic E-state index is 13.2. The van der Waals surface area contributed by atoms with Crippen LogP contribution in [0.5, 0.6) is 0 Å². The maximum Gasteiger partial charge on any atom is 0.195 e. The monoisotopic (exact) mass is 504 g/mol. The van der Waals surface area contributed by atoms with Crippen molar-refractivity contribution in [2.45, 2.75) is 33.1 Å². The predicted octanol–water partition coefficient (Wildman–Crippen LogP) is 7.29. The third kappa shape index (κ3) is 6.50. The molecule has 0 radical (unpaired) electrons. The lowest BCUT2D eigenvalue weighted by Gasteiger charge is -2.40. The van der Waals surface area contributed by atoms with E-state index in [2.05, 4.69) is 54.4 Å². The Labute approximate surface area is 219 Å². The summed E-state index contributed by atoms with van der Waals surface area (Å²) < 4.78 is 0. The number of rotatable bonds is 8. The minimum Gasteiger partial charge on any atom is -0.383 e. The van der Waals surface area contributed by atoms with Crippen LogP contribution in [0.3, 0.4) is 0 Å². The molecule has 0 unspecified atom stereocenters. The Hall–Kier alpha value is -2.69. The molecular formula is C30H33ClN2OS. The quantitative estimate of drug-likeness (QED) is 0.258. The van der Waals surface area contributed by atoms with Crippen LogP contribution in [0.2, 0.25) is 5.02 Å². The van der Waals surface area contributed by atoms with Crippen molar-refractivity contribution in [1.82, 2.24) is 4.90 Å². The molecule has 0 saturated carbocycles. The van der Waals surface area contributed by atoms with E-state index in [0.29, 0.717) is 28.6 Å². The zero-order valence-electron chi connectivity index (χ0n) is 20.5. The first-order valence-electron chi connectivity index (χ1n) is 12.3. The van der Waals surface area contributed by atoms with Crippen LogP contribution in [-0.4, -0.2) is 35.3 Å². The Kier molecular flexibility index (Phi) is 8.25. The summed E-state index contributed by atoms with van der Waals surface area (Å²) in [7, 11) is 0. The van der Waals surface area contributed by atoms with Gasteiger partial charge in [-0.1, -0.05) is 98.3 Å². The summed E-state index contributed by atoms with van der Waals surface area (Å²) in [5.41, 5.74) is 3.18. The molecule has 0 aromatic heterocycles. The molecular weight excluding hydrogens is 472 g/mol. The van der Waals surface area contributed by atoms with Gasteiger partial charge in [0.1, 0.15) is 0 Å². The maximum absolute atomic E-state index is 13.2. The Morgan fingerprint density at radius 2 is 1.63 bits per heavy atom. The number of carbonyl (C=O) groups is 1. The van der Waals surface area contributed by atoms with Gasteiger partial charge in [0.2, 0.25) is 0 Å².